The fraction of sp³-hybridized carbons (Fsp3) is 0.382. The average molecular weight is 713 g/mol. The Balaban J connectivity index is 1.40. The zero-order valence-corrected chi connectivity index (χ0v) is 30.0. The van der Waals surface area contributed by atoms with Crippen molar-refractivity contribution >= 4 is 40.5 Å². The Morgan fingerprint density at radius 2 is 1.52 bits per heavy atom. The first-order chi connectivity index (χ1) is 22.9. The number of carbonyl (C=O) groups excluding carboxylic acids is 1. The van der Waals surface area contributed by atoms with Crippen LogP contribution in [0.3, 0.4) is 0 Å². The molecule has 3 heterocycles. The molecule has 5 rings (SSSR count). The SMILES string of the molecule is COc1nc(-c2cccc(-c3cccc(-c4cnc(C(C)N[S@+]([O-])C(C)(C)C)c(OC)n4)c3Cl)c2Cl)cnc1CNC[C@@H]1CCC(=O)N1. The van der Waals surface area contributed by atoms with Crippen molar-refractivity contribution in [3.05, 3.63) is 70.2 Å². The number of carbonyl (C=O) groups is 1. The van der Waals surface area contributed by atoms with Crippen molar-refractivity contribution < 1.29 is 18.8 Å². The van der Waals surface area contributed by atoms with Crippen molar-refractivity contribution in [1.82, 2.24) is 35.3 Å². The summed E-state index contributed by atoms with van der Waals surface area (Å²) in [6.07, 6.45) is 4.65. The lowest BCUT2D eigenvalue weighted by atomic mass is 9.98. The highest BCUT2D eigenvalue weighted by atomic mass is 35.5. The minimum Gasteiger partial charge on any atom is -0.598 e. The number of nitrogens with one attached hydrogen (secondary N) is 3. The molecule has 1 aliphatic rings. The summed E-state index contributed by atoms with van der Waals surface area (Å²) >= 11 is 12.8. The van der Waals surface area contributed by atoms with E-state index in [4.69, 9.17) is 42.6 Å². The van der Waals surface area contributed by atoms with E-state index in [-0.39, 0.29) is 18.0 Å². The lowest BCUT2D eigenvalue weighted by molar-refractivity contribution is -0.119. The third-order valence-electron chi connectivity index (χ3n) is 7.82. The van der Waals surface area contributed by atoms with Crippen molar-refractivity contribution in [2.75, 3.05) is 20.8 Å². The number of amides is 1. The molecule has 0 aliphatic carbocycles. The van der Waals surface area contributed by atoms with Gasteiger partial charge in [-0.05, 0) is 34.1 Å². The molecule has 1 saturated heterocycles. The van der Waals surface area contributed by atoms with Crippen molar-refractivity contribution in [2.24, 2.45) is 0 Å². The predicted molar refractivity (Wildman–Crippen MR) is 189 cm³/mol. The second kappa shape index (κ2) is 15.4. The predicted octanol–water partition coefficient (Wildman–Crippen LogP) is 6.07. The maximum atomic E-state index is 12.7. The minimum atomic E-state index is -1.31. The van der Waals surface area contributed by atoms with Crippen LogP contribution in [0.5, 0.6) is 11.8 Å². The summed E-state index contributed by atoms with van der Waals surface area (Å²) in [5.41, 5.74) is 4.92. The van der Waals surface area contributed by atoms with E-state index in [0.29, 0.717) is 86.3 Å². The van der Waals surface area contributed by atoms with E-state index in [1.807, 2.05) is 64.1 Å². The average Bonchev–Trinajstić information content (AvgIpc) is 3.49. The third-order valence-corrected chi connectivity index (χ3v) is 10.3. The number of hydrogen-bond acceptors (Lipinski definition) is 10. The van der Waals surface area contributed by atoms with E-state index < -0.39 is 16.1 Å². The highest BCUT2D eigenvalue weighted by Crippen LogP contribution is 2.42. The maximum absolute atomic E-state index is 12.7. The molecule has 4 aromatic rings. The molecule has 0 spiro atoms. The maximum Gasteiger partial charge on any atom is 0.237 e. The van der Waals surface area contributed by atoms with E-state index in [2.05, 4.69) is 25.3 Å². The van der Waals surface area contributed by atoms with E-state index in [1.54, 1.807) is 19.5 Å². The molecule has 254 valence electrons. The van der Waals surface area contributed by atoms with Crippen LogP contribution in [0.4, 0.5) is 0 Å². The highest BCUT2D eigenvalue weighted by Gasteiger charge is 2.30. The smallest absolute Gasteiger partial charge is 0.237 e. The Kier molecular flexibility index (Phi) is 11.4. The molecule has 0 radical (unpaired) electrons. The van der Waals surface area contributed by atoms with Crippen LogP contribution < -0.4 is 24.8 Å². The zero-order valence-electron chi connectivity index (χ0n) is 27.7. The minimum absolute atomic E-state index is 0.0775. The number of halogens is 2. The van der Waals surface area contributed by atoms with E-state index in [0.717, 1.165) is 6.42 Å². The van der Waals surface area contributed by atoms with Crippen molar-refractivity contribution in [3.63, 3.8) is 0 Å². The number of methoxy groups -OCH3 is 2. The summed E-state index contributed by atoms with van der Waals surface area (Å²) in [7, 11) is 3.07. The van der Waals surface area contributed by atoms with Gasteiger partial charge in [-0.15, -0.1) is 4.72 Å². The Bertz CT molecular complexity index is 1790. The van der Waals surface area contributed by atoms with Gasteiger partial charge < -0.3 is 24.7 Å². The fourth-order valence-electron chi connectivity index (χ4n) is 5.23. The summed E-state index contributed by atoms with van der Waals surface area (Å²) in [6, 6.07) is 11.0. The topological polar surface area (TPSA) is 146 Å². The van der Waals surface area contributed by atoms with Crippen LogP contribution in [-0.4, -0.2) is 61.9 Å². The van der Waals surface area contributed by atoms with Gasteiger partial charge in [-0.25, -0.2) is 9.97 Å². The highest BCUT2D eigenvalue weighted by molar-refractivity contribution is 7.90. The van der Waals surface area contributed by atoms with Crippen LogP contribution in [0.2, 0.25) is 10.0 Å². The van der Waals surface area contributed by atoms with Gasteiger partial charge in [0.05, 0.1) is 54.1 Å². The quantitative estimate of drug-likeness (QED) is 0.148. The monoisotopic (exact) mass is 711 g/mol. The largest absolute Gasteiger partial charge is 0.598 e. The molecule has 3 atom stereocenters. The van der Waals surface area contributed by atoms with Gasteiger partial charge in [-0.2, -0.15) is 0 Å². The van der Waals surface area contributed by atoms with Gasteiger partial charge in [0.1, 0.15) is 16.1 Å². The molecule has 2 aromatic carbocycles. The number of rotatable bonds is 12. The Hall–Kier alpha value is -3.52. The molecule has 48 heavy (non-hydrogen) atoms. The van der Waals surface area contributed by atoms with Crippen LogP contribution in [0.1, 0.15) is 58.0 Å². The van der Waals surface area contributed by atoms with Crippen LogP contribution in [0.25, 0.3) is 33.6 Å². The molecule has 1 aliphatic heterocycles. The normalized spacial score (nSPS) is 16.0. The van der Waals surface area contributed by atoms with Crippen molar-refractivity contribution in [1.29, 1.82) is 0 Å². The summed E-state index contributed by atoms with van der Waals surface area (Å²) in [6.45, 7) is 8.61. The molecule has 2 aromatic heterocycles. The van der Waals surface area contributed by atoms with Crippen molar-refractivity contribution in [2.45, 2.75) is 63.9 Å². The lowest BCUT2D eigenvalue weighted by Gasteiger charge is -2.26. The van der Waals surface area contributed by atoms with Gasteiger partial charge in [-0.1, -0.05) is 59.6 Å². The van der Waals surface area contributed by atoms with E-state index in [9.17, 15) is 9.35 Å². The molecule has 0 bridgehead atoms. The molecule has 3 N–H and O–H groups in total. The van der Waals surface area contributed by atoms with Crippen LogP contribution >= 0.6 is 23.2 Å². The number of hydrogen-bond donors (Lipinski definition) is 3. The van der Waals surface area contributed by atoms with E-state index >= 15 is 0 Å². The molecule has 1 amide bonds. The zero-order chi connectivity index (χ0) is 34.6. The second-order valence-corrected chi connectivity index (χ2v) is 15.1. The summed E-state index contributed by atoms with van der Waals surface area (Å²) < 4.78 is 26.5. The number of aromatic nitrogens is 4. The first-order valence-corrected chi connectivity index (χ1v) is 17.4. The van der Waals surface area contributed by atoms with Gasteiger partial charge in [-0.3, -0.25) is 14.8 Å². The van der Waals surface area contributed by atoms with Crippen LogP contribution in [0, 0.1) is 0 Å². The Morgan fingerprint density at radius 1 is 0.958 bits per heavy atom. The summed E-state index contributed by atoms with van der Waals surface area (Å²) in [5, 5.41) is 7.15. The molecule has 11 nitrogen and oxygen atoms in total. The first kappa shape index (κ1) is 35.8. The number of nitrogens with zero attached hydrogens (tertiary/aromatic N) is 4. The standard InChI is InChI=1S/C34H39Cl2N7O4S/c1-19(43-48(45)34(2,3)4)31-33(47-6)42-26(18-39-31)24-12-8-10-22(30(24)36)21-9-7-11-23(29(21)35)25-17-38-27(32(41-25)46-5)16-37-15-20-13-14-28(44)40-20/h7-12,17-20,37,43H,13-16H2,1-6H3,(H,40,44)/t19?,20-,48+/m0/s1. The fourth-order valence-corrected chi connectivity index (χ4v) is 6.67. The summed E-state index contributed by atoms with van der Waals surface area (Å²) in [4.78, 5) is 30.1. The van der Waals surface area contributed by atoms with E-state index in [1.165, 1.54) is 7.11 Å². The van der Waals surface area contributed by atoms with Gasteiger partial charge in [0.15, 0.2) is 0 Å². The van der Waals surface area contributed by atoms with Crippen molar-refractivity contribution in [3.8, 4) is 45.4 Å². The number of benzene rings is 2. The van der Waals surface area contributed by atoms with Gasteiger partial charge in [0.25, 0.3) is 0 Å². The lowest BCUT2D eigenvalue weighted by Crippen LogP contribution is -2.40. The Morgan fingerprint density at radius 3 is 2.06 bits per heavy atom. The van der Waals surface area contributed by atoms with Gasteiger partial charge in [0, 0.05) is 59.2 Å². The van der Waals surface area contributed by atoms with Crippen LogP contribution in [0.15, 0.2) is 48.8 Å². The van der Waals surface area contributed by atoms with Gasteiger partial charge in [0.2, 0.25) is 17.7 Å². The third kappa shape index (κ3) is 8.02. The molecular formula is C34H39Cl2N7O4S. The molecular weight excluding hydrogens is 673 g/mol. The summed E-state index contributed by atoms with van der Waals surface area (Å²) in [5.74, 6) is 0.757. The Labute approximate surface area is 293 Å². The number of ether oxygens (including phenoxy) is 2. The molecule has 0 saturated carbocycles. The molecule has 1 unspecified atom stereocenters. The second-order valence-electron chi connectivity index (χ2n) is 12.3. The molecule has 14 heteroatoms. The van der Waals surface area contributed by atoms with Crippen LogP contribution in [-0.2, 0) is 22.7 Å². The van der Waals surface area contributed by atoms with Gasteiger partial charge >= 0.3 is 0 Å². The molecule has 1 fully saturated rings. The first-order valence-electron chi connectivity index (χ1n) is 15.5.